The number of aromatic hydroxyl groups is 1. The molecule has 0 heterocycles. The van der Waals surface area contributed by atoms with Crippen molar-refractivity contribution in [2.24, 2.45) is 0 Å². The molecule has 96 valence electrons. The van der Waals surface area contributed by atoms with Crippen molar-refractivity contribution < 1.29 is 19.7 Å². The van der Waals surface area contributed by atoms with E-state index in [4.69, 9.17) is 9.47 Å². The Morgan fingerprint density at radius 1 is 1.35 bits per heavy atom. The van der Waals surface area contributed by atoms with Gasteiger partial charge in [0.1, 0.15) is 11.5 Å². The number of rotatable bonds is 7. The molecule has 1 aromatic carbocycles. The molecule has 0 fully saturated rings. The van der Waals surface area contributed by atoms with Gasteiger partial charge in [-0.3, -0.25) is 0 Å². The highest BCUT2D eigenvalue weighted by atomic mass is 16.5. The summed E-state index contributed by atoms with van der Waals surface area (Å²) in [5.74, 6) is 0.900. The van der Waals surface area contributed by atoms with Crippen LogP contribution in [0.25, 0.3) is 0 Å². The van der Waals surface area contributed by atoms with Crippen LogP contribution in [-0.4, -0.2) is 43.7 Å². The summed E-state index contributed by atoms with van der Waals surface area (Å²) in [4.78, 5) is 0. The zero-order valence-electron chi connectivity index (χ0n) is 10.1. The smallest absolute Gasteiger partial charge is 0.120 e. The summed E-state index contributed by atoms with van der Waals surface area (Å²) < 4.78 is 9.87. The third-order valence-electron chi connectivity index (χ3n) is 2.34. The summed E-state index contributed by atoms with van der Waals surface area (Å²) in [6.07, 6.45) is -0.548. The molecule has 1 rings (SSSR count). The lowest BCUT2D eigenvalue weighted by Crippen LogP contribution is -2.29. The van der Waals surface area contributed by atoms with Crippen LogP contribution in [0.3, 0.4) is 0 Å². The molecule has 0 bridgehead atoms. The Morgan fingerprint density at radius 3 is 2.76 bits per heavy atom. The van der Waals surface area contributed by atoms with E-state index in [1.165, 1.54) is 7.11 Å². The zero-order chi connectivity index (χ0) is 12.7. The SMILES string of the molecule is COCC(O)CNCc1cc(OC)ccc1O. The maximum absolute atomic E-state index is 9.62. The lowest BCUT2D eigenvalue weighted by atomic mass is 10.2. The van der Waals surface area contributed by atoms with Gasteiger partial charge in [0.05, 0.1) is 19.8 Å². The van der Waals surface area contributed by atoms with Gasteiger partial charge in [0.25, 0.3) is 0 Å². The van der Waals surface area contributed by atoms with Crippen molar-refractivity contribution in [3.63, 3.8) is 0 Å². The molecule has 1 aromatic rings. The van der Waals surface area contributed by atoms with E-state index in [2.05, 4.69) is 5.32 Å². The molecular weight excluding hydrogens is 222 g/mol. The van der Waals surface area contributed by atoms with Crippen molar-refractivity contribution >= 4 is 0 Å². The summed E-state index contributed by atoms with van der Waals surface area (Å²) in [6, 6.07) is 5.03. The molecular formula is C12H19NO4. The van der Waals surface area contributed by atoms with Crippen LogP contribution < -0.4 is 10.1 Å². The minimum atomic E-state index is -0.548. The molecule has 0 aliphatic heterocycles. The molecule has 0 aliphatic carbocycles. The number of hydrogen-bond acceptors (Lipinski definition) is 5. The Balaban J connectivity index is 2.45. The van der Waals surface area contributed by atoms with E-state index >= 15 is 0 Å². The number of ether oxygens (including phenoxy) is 2. The number of aliphatic hydroxyl groups excluding tert-OH is 1. The average molecular weight is 241 g/mol. The van der Waals surface area contributed by atoms with Gasteiger partial charge >= 0.3 is 0 Å². The van der Waals surface area contributed by atoms with Crippen molar-refractivity contribution in [2.75, 3.05) is 27.4 Å². The van der Waals surface area contributed by atoms with E-state index in [0.29, 0.717) is 18.8 Å². The first-order valence-corrected chi connectivity index (χ1v) is 5.41. The van der Waals surface area contributed by atoms with Crippen LogP contribution >= 0.6 is 0 Å². The highest BCUT2D eigenvalue weighted by molar-refractivity contribution is 5.39. The fourth-order valence-electron chi connectivity index (χ4n) is 1.46. The molecule has 5 nitrogen and oxygen atoms in total. The second kappa shape index (κ2) is 7.11. The van der Waals surface area contributed by atoms with Gasteiger partial charge in [-0.1, -0.05) is 0 Å². The molecule has 0 spiro atoms. The third kappa shape index (κ3) is 4.60. The van der Waals surface area contributed by atoms with Crippen molar-refractivity contribution in [1.29, 1.82) is 0 Å². The van der Waals surface area contributed by atoms with E-state index in [0.717, 1.165) is 5.56 Å². The Bertz CT molecular complexity index is 343. The number of benzene rings is 1. The summed E-state index contributed by atoms with van der Waals surface area (Å²) in [5, 5.41) is 22.1. The Morgan fingerprint density at radius 2 is 2.12 bits per heavy atom. The quantitative estimate of drug-likeness (QED) is 0.648. The van der Waals surface area contributed by atoms with Crippen LogP contribution in [0.2, 0.25) is 0 Å². The maximum Gasteiger partial charge on any atom is 0.120 e. The minimum Gasteiger partial charge on any atom is -0.508 e. The van der Waals surface area contributed by atoms with Crippen LogP contribution in [0.5, 0.6) is 11.5 Å². The molecule has 3 N–H and O–H groups in total. The number of aliphatic hydroxyl groups is 1. The molecule has 0 aliphatic rings. The number of nitrogens with one attached hydrogen (secondary N) is 1. The normalized spacial score (nSPS) is 12.4. The van der Waals surface area contributed by atoms with Gasteiger partial charge < -0.3 is 25.0 Å². The molecule has 1 unspecified atom stereocenters. The Hall–Kier alpha value is -1.30. The molecule has 0 radical (unpaired) electrons. The monoisotopic (exact) mass is 241 g/mol. The average Bonchev–Trinajstić information content (AvgIpc) is 2.32. The number of phenolic OH excluding ortho intramolecular Hbond substituents is 1. The van der Waals surface area contributed by atoms with Crippen molar-refractivity contribution in [3.05, 3.63) is 23.8 Å². The Kier molecular flexibility index (Phi) is 5.76. The zero-order valence-corrected chi connectivity index (χ0v) is 10.1. The van der Waals surface area contributed by atoms with E-state index in [9.17, 15) is 10.2 Å². The molecule has 1 atom stereocenters. The number of phenols is 1. The molecule has 0 saturated heterocycles. The maximum atomic E-state index is 9.62. The molecule has 5 heteroatoms. The first-order chi connectivity index (χ1) is 8.17. The largest absolute Gasteiger partial charge is 0.508 e. The molecule has 17 heavy (non-hydrogen) atoms. The summed E-state index contributed by atoms with van der Waals surface area (Å²) >= 11 is 0. The van der Waals surface area contributed by atoms with Crippen molar-refractivity contribution in [3.8, 4) is 11.5 Å². The van der Waals surface area contributed by atoms with Crippen LogP contribution in [-0.2, 0) is 11.3 Å². The second-order valence-electron chi connectivity index (χ2n) is 3.73. The predicted octanol–water partition coefficient (Wildman–Crippen LogP) is 0.498. The fraction of sp³-hybridized carbons (Fsp3) is 0.500. The number of hydrogen-bond donors (Lipinski definition) is 3. The first kappa shape index (κ1) is 13.8. The summed E-state index contributed by atoms with van der Waals surface area (Å²) in [5.41, 5.74) is 0.731. The van der Waals surface area contributed by atoms with Crippen LogP contribution in [0.15, 0.2) is 18.2 Å². The van der Waals surface area contributed by atoms with Gasteiger partial charge in [-0.15, -0.1) is 0 Å². The standard InChI is InChI=1S/C12H19NO4/c1-16-8-10(14)7-13-6-9-5-11(17-2)3-4-12(9)15/h3-5,10,13-15H,6-8H2,1-2H3. The van der Waals surface area contributed by atoms with Crippen LogP contribution in [0.1, 0.15) is 5.56 Å². The van der Waals surface area contributed by atoms with Gasteiger partial charge in [-0.05, 0) is 18.2 Å². The third-order valence-corrected chi connectivity index (χ3v) is 2.34. The Labute approximate surface area is 101 Å². The van der Waals surface area contributed by atoms with Gasteiger partial charge in [0.15, 0.2) is 0 Å². The molecule has 0 aromatic heterocycles. The van der Waals surface area contributed by atoms with Crippen LogP contribution in [0, 0.1) is 0 Å². The second-order valence-corrected chi connectivity index (χ2v) is 3.73. The van der Waals surface area contributed by atoms with Gasteiger partial charge in [0.2, 0.25) is 0 Å². The van der Waals surface area contributed by atoms with E-state index < -0.39 is 6.10 Å². The minimum absolute atomic E-state index is 0.208. The summed E-state index contributed by atoms with van der Waals surface area (Å²) in [6.45, 7) is 1.16. The van der Waals surface area contributed by atoms with Gasteiger partial charge in [0, 0.05) is 25.8 Å². The van der Waals surface area contributed by atoms with E-state index in [-0.39, 0.29) is 12.4 Å². The van der Waals surface area contributed by atoms with Gasteiger partial charge in [-0.2, -0.15) is 0 Å². The molecule has 0 saturated carbocycles. The lowest BCUT2D eigenvalue weighted by molar-refractivity contribution is 0.0644. The van der Waals surface area contributed by atoms with Crippen molar-refractivity contribution in [2.45, 2.75) is 12.6 Å². The highest BCUT2D eigenvalue weighted by Gasteiger charge is 2.05. The van der Waals surface area contributed by atoms with Crippen LogP contribution in [0.4, 0.5) is 0 Å². The fourth-order valence-corrected chi connectivity index (χ4v) is 1.46. The number of methoxy groups -OCH3 is 2. The lowest BCUT2D eigenvalue weighted by Gasteiger charge is -2.12. The topological polar surface area (TPSA) is 71.0 Å². The van der Waals surface area contributed by atoms with Gasteiger partial charge in [-0.25, -0.2) is 0 Å². The highest BCUT2D eigenvalue weighted by Crippen LogP contribution is 2.22. The molecule has 0 amide bonds. The van der Waals surface area contributed by atoms with E-state index in [1.54, 1.807) is 25.3 Å². The van der Waals surface area contributed by atoms with Crippen molar-refractivity contribution in [1.82, 2.24) is 5.32 Å². The summed E-state index contributed by atoms with van der Waals surface area (Å²) in [7, 11) is 3.11. The van der Waals surface area contributed by atoms with E-state index in [1.807, 2.05) is 0 Å². The first-order valence-electron chi connectivity index (χ1n) is 5.41. The predicted molar refractivity (Wildman–Crippen MR) is 64.2 cm³/mol.